The van der Waals surface area contributed by atoms with Crippen LogP contribution in [0.1, 0.15) is 70.6 Å². The van der Waals surface area contributed by atoms with E-state index in [-0.39, 0.29) is 29.4 Å². The topological polar surface area (TPSA) is 57.6 Å². The Morgan fingerprint density at radius 3 is 2.00 bits per heavy atom. The van der Waals surface area contributed by atoms with Gasteiger partial charge >= 0.3 is 0 Å². The lowest BCUT2D eigenvalue weighted by atomic mass is 9.67. The molecule has 0 unspecified atom stereocenters. The van der Waals surface area contributed by atoms with Crippen LogP contribution >= 0.6 is 0 Å². The van der Waals surface area contributed by atoms with Crippen molar-refractivity contribution in [2.45, 2.75) is 82.8 Å². The summed E-state index contributed by atoms with van der Waals surface area (Å²) in [7, 11) is 0. The highest BCUT2D eigenvalue weighted by Gasteiger charge is 2.46. The summed E-state index contributed by atoms with van der Waals surface area (Å²) in [4.78, 5) is 26.6. The lowest BCUT2D eigenvalue weighted by Gasteiger charge is -2.45. The smallest absolute Gasteiger partial charge is 0.229 e. The Hall–Kier alpha value is -0.900. The van der Waals surface area contributed by atoms with Crippen LogP contribution in [0, 0.1) is 5.41 Å². The summed E-state index contributed by atoms with van der Waals surface area (Å²) in [5.41, 5.74) is -0.0168. The van der Waals surface area contributed by atoms with Gasteiger partial charge in [-0.25, -0.2) is 0 Å². The van der Waals surface area contributed by atoms with E-state index in [1.807, 2.05) is 0 Å². The summed E-state index contributed by atoms with van der Waals surface area (Å²) in [5.74, 6) is 0.0917. The normalized spacial score (nSPS) is 34.5. The summed E-state index contributed by atoms with van der Waals surface area (Å²) >= 11 is 0. The van der Waals surface area contributed by atoms with Crippen molar-refractivity contribution in [1.29, 1.82) is 0 Å². The fourth-order valence-electron chi connectivity index (χ4n) is 4.39. The van der Waals surface area contributed by atoms with E-state index in [4.69, 9.17) is 0 Å². The van der Waals surface area contributed by atoms with Gasteiger partial charge in [0.05, 0.1) is 6.10 Å². The van der Waals surface area contributed by atoms with Crippen molar-refractivity contribution >= 4 is 11.8 Å². The van der Waals surface area contributed by atoms with Crippen LogP contribution in [0.5, 0.6) is 0 Å². The lowest BCUT2D eigenvalue weighted by Crippen LogP contribution is -2.53. The zero-order valence-electron chi connectivity index (χ0n) is 12.1. The van der Waals surface area contributed by atoms with Crippen LogP contribution in [-0.4, -0.2) is 34.0 Å². The third-order valence-corrected chi connectivity index (χ3v) is 5.54. The molecule has 1 heterocycles. The molecule has 0 radical (unpaired) electrons. The minimum atomic E-state index is -0.245. The molecule has 1 spiro atoms. The standard InChI is InChI=1S/C16H25NO3/c18-13-6-4-12(5-7-13)17-14(19)10-16(11-15(17)20)8-2-1-3-9-16/h12-13,18H,1-11H2. The van der Waals surface area contributed by atoms with Gasteiger partial charge in [0.25, 0.3) is 0 Å². The van der Waals surface area contributed by atoms with E-state index >= 15 is 0 Å². The van der Waals surface area contributed by atoms with Crippen molar-refractivity contribution in [1.82, 2.24) is 4.90 Å². The van der Waals surface area contributed by atoms with E-state index in [1.54, 1.807) is 4.90 Å². The molecule has 0 bridgehead atoms. The van der Waals surface area contributed by atoms with Crippen LogP contribution in [0.2, 0.25) is 0 Å². The minimum absolute atomic E-state index is 0.0168. The summed E-state index contributed by atoms with van der Waals surface area (Å²) in [6.45, 7) is 0. The number of aliphatic hydroxyl groups is 1. The molecular weight excluding hydrogens is 254 g/mol. The summed E-state index contributed by atoms with van der Waals surface area (Å²) in [6.07, 6.45) is 9.52. The summed E-state index contributed by atoms with van der Waals surface area (Å²) in [6, 6.07) is 0.0411. The van der Waals surface area contributed by atoms with Crippen molar-refractivity contribution in [3.8, 4) is 0 Å². The molecule has 1 N–H and O–H groups in total. The molecule has 0 aromatic carbocycles. The molecule has 0 aromatic rings. The maximum atomic E-state index is 12.5. The second-order valence-electron chi connectivity index (χ2n) is 7.03. The molecule has 3 aliphatic rings. The van der Waals surface area contributed by atoms with E-state index in [1.165, 1.54) is 6.42 Å². The molecule has 2 amide bonds. The molecule has 2 aliphatic carbocycles. The van der Waals surface area contributed by atoms with E-state index in [9.17, 15) is 14.7 Å². The number of likely N-dealkylation sites (tertiary alicyclic amines) is 1. The van der Waals surface area contributed by atoms with Crippen molar-refractivity contribution in [3.05, 3.63) is 0 Å². The van der Waals surface area contributed by atoms with Gasteiger partial charge in [0.2, 0.25) is 11.8 Å². The Bertz CT molecular complexity index is 373. The number of rotatable bonds is 1. The van der Waals surface area contributed by atoms with Gasteiger partial charge in [0.15, 0.2) is 0 Å². The average Bonchev–Trinajstić information content (AvgIpc) is 2.41. The molecule has 3 rings (SSSR count). The van der Waals surface area contributed by atoms with Crippen molar-refractivity contribution < 1.29 is 14.7 Å². The first-order valence-electron chi connectivity index (χ1n) is 8.13. The van der Waals surface area contributed by atoms with Gasteiger partial charge in [-0.3, -0.25) is 14.5 Å². The van der Waals surface area contributed by atoms with E-state index < -0.39 is 0 Å². The van der Waals surface area contributed by atoms with Crippen LogP contribution in [0.15, 0.2) is 0 Å². The molecule has 1 saturated heterocycles. The third-order valence-electron chi connectivity index (χ3n) is 5.54. The zero-order chi connectivity index (χ0) is 14.2. The molecule has 4 heteroatoms. The van der Waals surface area contributed by atoms with E-state index in [2.05, 4.69) is 0 Å². The monoisotopic (exact) mass is 279 g/mol. The Kier molecular flexibility index (Phi) is 3.85. The number of hydrogen-bond donors (Lipinski definition) is 1. The Morgan fingerprint density at radius 1 is 0.900 bits per heavy atom. The SMILES string of the molecule is O=C1CC2(CCCCC2)CC(=O)N1C1CCC(O)CC1. The molecule has 0 aromatic heterocycles. The summed E-state index contributed by atoms with van der Waals surface area (Å²) < 4.78 is 0. The number of amides is 2. The molecule has 2 saturated carbocycles. The number of imide groups is 1. The molecule has 3 fully saturated rings. The van der Waals surface area contributed by atoms with Crippen LogP contribution in [0.4, 0.5) is 0 Å². The zero-order valence-corrected chi connectivity index (χ0v) is 12.1. The quantitative estimate of drug-likeness (QED) is 0.750. The van der Waals surface area contributed by atoms with Crippen molar-refractivity contribution in [2.24, 2.45) is 5.41 Å². The van der Waals surface area contributed by atoms with Gasteiger partial charge in [-0.15, -0.1) is 0 Å². The first kappa shape index (κ1) is 14.1. The van der Waals surface area contributed by atoms with Crippen LogP contribution in [0.25, 0.3) is 0 Å². The fourth-order valence-corrected chi connectivity index (χ4v) is 4.39. The van der Waals surface area contributed by atoms with Gasteiger partial charge in [-0.05, 0) is 43.9 Å². The van der Waals surface area contributed by atoms with Gasteiger partial charge in [0.1, 0.15) is 0 Å². The number of aliphatic hydroxyl groups excluding tert-OH is 1. The molecule has 0 atom stereocenters. The highest BCUT2D eigenvalue weighted by molar-refractivity contribution is 5.99. The maximum Gasteiger partial charge on any atom is 0.229 e. The summed E-state index contributed by atoms with van der Waals surface area (Å²) in [5, 5.41) is 9.57. The number of carbonyl (C=O) groups excluding carboxylic acids is 2. The van der Waals surface area contributed by atoms with Crippen molar-refractivity contribution in [3.63, 3.8) is 0 Å². The molecule has 20 heavy (non-hydrogen) atoms. The average molecular weight is 279 g/mol. The predicted octanol–water partition coefficient (Wildman–Crippen LogP) is 2.39. The van der Waals surface area contributed by atoms with E-state index in [0.717, 1.165) is 38.5 Å². The highest BCUT2D eigenvalue weighted by Crippen LogP contribution is 2.46. The van der Waals surface area contributed by atoms with Crippen molar-refractivity contribution in [2.75, 3.05) is 0 Å². The van der Waals surface area contributed by atoms with Gasteiger partial charge in [0, 0.05) is 18.9 Å². The first-order valence-corrected chi connectivity index (χ1v) is 8.13. The maximum absolute atomic E-state index is 12.5. The first-order chi connectivity index (χ1) is 9.60. The number of nitrogens with zero attached hydrogens (tertiary/aromatic N) is 1. The predicted molar refractivity (Wildman–Crippen MR) is 74.9 cm³/mol. The lowest BCUT2D eigenvalue weighted by molar-refractivity contribution is -0.159. The number of hydrogen-bond acceptors (Lipinski definition) is 3. The number of carbonyl (C=O) groups is 2. The minimum Gasteiger partial charge on any atom is -0.393 e. The molecular formula is C16H25NO3. The Balaban J connectivity index is 1.69. The third kappa shape index (κ3) is 2.62. The second kappa shape index (κ2) is 5.47. The number of piperidine rings is 1. The molecule has 4 nitrogen and oxygen atoms in total. The van der Waals surface area contributed by atoms with Crippen LogP contribution in [-0.2, 0) is 9.59 Å². The Morgan fingerprint density at radius 2 is 1.45 bits per heavy atom. The Labute approximate surface area is 120 Å². The van der Waals surface area contributed by atoms with Gasteiger partial charge < -0.3 is 5.11 Å². The second-order valence-corrected chi connectivity index (χ2v) is 7.03. The van der Waals surface area contributed by atoms with Crippen LogP contribution in [0.3, 0.4) is 0 Å². The molecule has 1 aliphatic heterocycles. The molecule has 112 valence electrons. The van der Waals surface area contributed by atoms with E-state index in [0.29, 0.717) is 25.7 Å². The van der Waals surface area contributed by atoms with Crippen LogP contribution < -0.4 is 0 Å². The van der Waals surface area contributed by atoms with Gasteiger partial charge in [-0.2, -0.15) is 0 Å². The van der Waals surface area contributed by atoms with Gasteiger partial charge in [-0.1, -0.05) is 19.3 Å². The fraction of sp³-hybridized carbons (Fsp3) is 0.875. The largest absolute Gasteiger partial charge is 0.393 e. The highest BCUT2D eigenvalue weighted by atomic mass is 16.3.